The van der Waals surface area contributed by atoms with E-state index in [9.17, 15) is 0 Å². The number of benzene rings is 1. The minimum absolute atomic E-state index is 0.922. The van der Waals surface area contributed by atoms with Gasteiger partial charge in [-0.05, 0) is 71.9 Å². The summed E-state index contributed by atoms with van der Waals surface area (Å²) in [4.78, 5) is 17.3. The van der Waals surface area contributed by atoms with Gasteiger partial charge in [0.25, 0.3) is 0 Å². The van der Waals surface area contributed by atoms with Gasteiger partial charge in [-0.3, -0.25) is 9.98 Å². The predicted molar refractivity (Wildman–Crippen MR) is 232 cm³/mol. The fourth-order valence-electron chi connectivity index (χ4n) is 8.00. The SMILES string of the molecule is CCCCCCCCCCCCN=Cc1[nH]c(-c2ccc(-c3[nH]c(C=NCCCCCCCCCCCC)c(CC)c3CC)cc2)c(CC)c1CC. The van der Waals surface area contributed by atoms with E-state index in [2.05, 4.69) is 88.2 Å². The zero-order valence-electron chi connectivity index (χ0n) is 34.7. The van der Waals surface area contributed by atoms with Crippen LogP contribution in [0.1, 0.15) is 204 Å². The Labute approximate surface area is 320 Å². The number of aromatic amines is 2. The monoisotopic (exact) mass is 711 g/mol. The molecule has 0 saturated carbocycles. The molecule has 2 aromatic heterocycles. The Kier molecular flexibility index (Phi) is 22.4. The highest BCUT2D eigenvalue weighted by molar-refractivity contribution is 5.86. The molecule has 1 aromatic carbocycles. The van der Waals surface area contributed by atoms with Crippen molar-refractivity contribution in [2.75, 3.05) is 13.1 Å². The highest BCUT2D eigenvalue weighted by atomic mass is 14.8. The second-order valence-electron chi connectivity index (χ2n) is 15.2. The average Bonchev–Trinajstić information content (AvgIpc) is 3.72. The molecule has 52 heavy (non-hydrogen) atoms. The Hall–Kier alpha value is -2.88. The molecule has 0 amide bonds. The van der Waals surface area contributed by atoms with Crippen LogP contribution in [-0.2, 0) is 25.7 Å². The summed E-state index contributed by atoms with van der Waals surface area (Å²) < 4.78 is 0. The zero-order valence-corrected chi connectivity index (χ0v) is 34.7. The van der Waals surface area contributed by atoms with Crippen LogP contribution in [-0.4, -0.2) is 35.5 Å². The van der Waals surface area contributed by atoms with Crippen LogP contribution >= 0.6 is 0 Å². The topological polar surface area (TPSA) is 56.3 Å². The molecule has 3 aromatic rings. The summed E-state index contributed by atoms with van der Waals surface area (Å²) in [6.07, 6.45) is 35.5. The Bertz CT molecular complexity index is 1300. The van der Waals surface area contributed by atoms with E-state index in [4.69, 9.17) is 9.98 Å². The van der Waals surface area contributed by atoms with Gasteiger partial charge in [-0.15, -0.1) is 0 Å². The molecule has 0 aliphatic heterocycles. The molecule has 4 heteroatoms. The van der Waals surface area contributed by atoms with Gasteiger partial charge in [-0.1, -0.05) is 181 Å². The van der Waals surface area contributed by atoms with Crippen LogP contribution in [0.15, 0.2) is 34.3 Å². The number of nitrogens with one attached hydrogen (secondary N) is 2. The molecular formula is C48H78N4. The van der Waals surface area contributed by atoms with Crippen LogP contribution in [0.3, 0.4) is 0 Å². The maximum absolute atomic E-state index is 4.88. The first-order valence-corrected chi connectivity index (χ1v) is 22.2. The van der Waals surface area contributed by atoms with Gasteiger partial charge in [0.05, 0.1) is 11.4 Å². The van der Waals surface area contributed by atoms with E-state index in [1.54, 1.807) is 0 Å². The Morgan fingerprint density at radius 2 is 0.673 bits per heavy atom. The van der Waals surface area contributed by atoms with Crippen LogP contribution in [0.2, 0.25) is 0 Å². The van der Waals surface area contributed by atoms with Crippen molar-refractivity contribution in [1.29, 1.82) is 0 Å². The standard InChI is InChI=1S/C48H78N4/c1-7-13-15-17-19-21-23-25-27-29-35-49-37-45-41(9-3)43(11-5)47(51-45)39-31-33-40(34-32-39)48-44(12-6)42(10-4)46(52-48)38-50-36-30-28-26-24-22-20-18-16-14-8-2/h31-34,37-38,51-52H,7-30,35-36H2,1-6H3. The minimum Gasteiger partial charge on any atom is -0.353 e. The first-order chi connectivity index (χ1) is 25.6. The van der Waals surface area contributed by atoms with Crippen molar-refractivity contribution in [3.63, 3.8) is 0 Å². The molecular weight excluding hydrogens is 633 g/mol. The summed E-state index contributed by atoms with van der Waals surface area (Å²) in [5.74, 6) is 0. The lowest BCUT2D eigenvalue weighted by Gasteiger charge is -2.08. The molecule has 4 nitrogen and oxygen atoms in total. The van der Waals surface area contributed by atoms with Gasteiger partial charge in [0.15, 0.2) is 0 Å². The van der Waals surface area contributed by atoms with Crippen molar-refractivity contribution in [2.45, 2.75) is 196 Å². The number of aromatic nitrogens is 2. The van der Waals surface area contributed by atoms with Crippen molar-refractivity contribution in [3.05, 3.63) is 57.9 Å². The van der Waals surface area contributed by atoms with Crippen molar-refractivity contribution in [1.82, 2.24) is 9.97 Å². The highest BCUT2D eigenvalue weighted by Gasteiger charge is 2.18. The van der Waals surface area contributed by atoms with Crippen molar-refractivity contribution in [2.24, 2.45) is 9.98 Å². The normalized spacial score (nSPS) is 12.0. The van der Waals surface area contributed by atoms with Crippen molar-refractivity contribution >= 4 is 12.4 Å². The summed E-state index contributed by atoms with van der Waals surface area (Å²) in [6, 6.07) is 9.20. The number of hydrogen-bond acceptors (Lipinski definition) is 2. The molecule has 2 heterocycles. The molecule has 2 N–H and O–H groups in total. The zero-order chi connectivity index (χ0) is 37.2. The van der Waals surface area contributed by atoms with E-state index in [0.29, 0.717) is 0 Å². The van der Waals surface area contributed by atoms with E-state index in [0.717, 1.165) is 38.8 Å². The molecule has 0 unspecified atom stereocenters. The second-order valence-corrected chi connectivity index (χ2v) is 15.2. The van der Waals surface area contributed by atoms with Crippen LogP contribution in [0.25, 0.3) is 22.5 Å². The van der Waals surface area contributed by atoms with Gasteiger partial charge in [0, 0.05) is 36.9 Å². The van der Waals surface area contributed by atoms with Crippen LogP contribution < -0.4 is 0 Å². The summed E-state index contributed by atoms with van der Waals surface area (Å²) in [5.41, 5.74) is 13.1. The lowest BCUT2D eigenvalue weighted by atomic mass is 9.97. The van der Waals surface area contributed by atoms with Gasteiger partial charge < -0.3 is 9.97 Å². The lowest BCUT2D eigenvalue weighted by Crippen LogP contribution is -1.93. The van der Waals surface area contributed by atoms with E-state index in [-0.39, 0.29) is 0 Å². The largest absolute Gasteiger partial charge is 0.353 e. The number of H-pyrrole nitrogens is 2. The van der Waals surface area contributed by atoms with Crippen molar-refractivity contribution in [3.8, 4) is 22.5 Å². The molecule has 0 spiro atoms. The molecule has 0 aliphatic carbocycles. The molecule has 0 bridgehead atoms. The maximum Gasteiger partial charge on any atom is 0.0601 e. The third-order valence-corrected chi connectivity index (χ3v) is 11.1. The van der Waals surface area contributed by atoms with E-state index < -0.39 is 0 Å². The number of nitrogens with zero attached hydrogens (tertiary/aromatic N) is 2. The molecule has 0 atom stereocenters. The fraction of sp³-hybridized carbons (Fsp3) is 0.667. The number of rotatable bonds is 30. The predicted octanol–water partition coefficient (Wildman–Crippen LogP) is 14.6. The van der Waals surface area contributed by atoms with E-state index in [1.165, 1.54) is 185 Å². The number of unbranched alkanes of at least 4 members (excludes halogenated alkanes) is 18. The van der Waals surface area contributed by atoms with Gasteiger partial charge in [-0.2, -0.15) is 0 Å². The summed E-state index contributed by atoms with van der Waals surface area (Å²) >= 11 is 0. The molecule has 0 aliphatic rings. The summed E-state index contributed by atoms with van der Waals surface area (Å²) in [6.45, 7) is 15.5. The number of hydrogen-bond donors (Lipinski definition) is 2. The van der Waals surface area contributed by atoms with Crippen LogP contribution in [0, 0.1) is 0 Å². The Morgan fingerprint density at radius 1 is 0.385 bits per heavy atom. The van der Waals surface area contributed by atoms with Gasteiger partial charge in [0.1, 0.15) is 0 Å². The first-order valence-electron chi connectivity index (χ1n) is 22.2. The minimum atomic E-state index is 0.922. The van der Waals surface area contributed by atoms with Gasteiger partial charge >= 0.3 is 0 Å². The van der Waals surface area contributed by atoms with E-state index >= 15 is 0 Å². The first kappa shape index (κ1) is 43.5. The highest BCUT2D eigenvalue weighted by Crippen LogP contribution is 2.33. The third-order valence-electron chi connectivity index (χ3n) is 11.1. The molecule has 0 fully saturated rings. The van der Waals surface area contributed by atoms with Crippen LogP contribution in [0.5, 0.6) is 0 Å². The Morgan fingerprint density at radius 3 is 0.962 bits per heavy atom. The fourth-order valence-corrected chi connectivity index (χ4v) is 8.00. The maximum atomic E-state index is 4.88. The van der Waals surface area contributed by atoms with Gasteiger partial charge in [0.2, 0.25) is 0 Å². The smallest absolute Gasteiger partial charge is 0.0601 e. The van der Waals surface area contributed by atoms with Crippen molar-refractivity contribution < 1.29 is 0 Å². The average molecular weight is 711 g/mol. The quantitative estimate of drug-likeness (QED) is 0.0511. The summed E-state index contributed by atoms with van der Waals surface area (Å²) in [5, 5.41) is 0. The number of aliphatic imine (C=N–C) groups is 2. The van der Waals surface area contributed by atoms with E-state index in [1.807, 2.05) is 0 Å². The molecule has 290 valence electrons. The molecule has 3 rings (SSSR count). The Balaban J connectivity index is 1.57. The third kappa shape index (κ3) is 14.5. The van der Waals surface area contributed by atoms with Gasteiger partial charge in [-0.25, -0.2) is 0 Å². The lowest BCUT2D eigenvalue weighted by molar-refractivity contribution is 0.558. The molecule has 0 radical (unpaired) electrons. The molecule has 0 saturated heterocycles. The second kappa shape index (κ2) is 26.8. The summed E-state index contributed by atoms with van der Waals surface area (Å²) in [7, 11) is 0. The van der Waals surface area contributed by atoms with Crippen LogP contribution in [0.4, 0.5) is 0 Å².